The minimum Gasteiger partial charge on any atom is -0.494 e. The first-order valence-electron chi connectivity index (χ1n) is 13.4. The molecule has 1 amide bonds. The van der Waals surface area contributed by atoms with Crippen molar-refractivity contribution in [3.8, 4) is 17.6 Å². The number of allylic oxidation sites excluding steroid dienone is 2. The van der Waals surface area contributed by atoms with Gasteiger partial charge in [-0.3, -0.25) is 9.69 Å². The molecule has 0 saturated heterocycles. The number of carbonyl (C=O) groups excluding carboxylic acids is 1. The fourth-order valence-electron chi connectivity index (χ4n) is 4.33. The molecule has 2 aromatic carbocycles. The van der Waals surface area contributed by atoms with Gasteiger partial charge in [-0.25, -0.2) is 9.98 Å². The standard InChI is InChI=1S/C32H35ClN5O3P/c1-7-31(39)37-26-20-27(28(41-4)19-22(26)15-16-32(17-18-32)38(2)3)36-30-14-10-12-24(23(33)21-34-30)35-25-11-8-9-13-29(25)42(5,6)40/h7-11,13-14,19-21,35H,1,12,17-18H2,2-6H3,(H,37,39). The van der Waals surface area contributed by atoms with E-state index in [1.165, 1.54) is 12.3 Å². The summed E-state index contributed by atoms with van der Waals surface area (Å²) in [6.07, 6.45) is 8.85. The van der Waals surface area contributed by atoms with E-state index in [0.29, 0.717) is 40.0 Å². The molecule has 10 heteroatoms. The smallest absolute Gasteiger partial charge is 0.247 e. The largest absolute Gasteiger partial charge is 0.494 e. The van der Waals surface area contributed by atoms with E-state index in [1.807, 2.05) is 44.4 Å². The zero-order valence-electron chi connectivity index (χ0n) is 24.5. The lowest BCUT2D eigenvalue weighted by Crippen LogP contribution is -2.28. The van der Waals surface area contributed by atoms with Gasteiger partial charge in [0, 0.05) is 35.4 Å². The number of anilines is 2. The van der Waals surface area contributed by atoms with Crippen molar-refractivity contribution in [1.29, 1.82) is 0 Å². The highest BCUT2D eigenvalue weighted by molar-refractivity contribution is 7.70. The van der Waals surface area contributed by atoms with E-state index in [4.69, 9.17) is 21.3 Å². The van der Waals surface area contributed by atoms with Crippen molar-refractivity contribution in [3.05, 3.63) is 77.5 Å². The molecule has 0 spiro atoms. The van der Waals surface area contributed by atoms with Gasteiger partial charge in [-0.05, 0) is 70.6 Å². The number of hydrogen-bond donors (Lipinski definition) is 2. The van der Waals surface area contributed by atoms with Crippen LogP contribution in [-0.2, 0) is 9.36 Å². The average Bonchev–Trinajstić information content (AvgIpc) is 3.74. The molecule has 218 valence electrons. The summed E-state index contributed by atoms with van der Waals surface area (Å²) in [4.78, 5) is 23.5. The predicted octanol–water partition coefficient (Wildman–Crippen LogP) is 6.14. The number of rotatable bonds is 8. The molecule has 2 aliphatic rings. The number of carbonyl (C=O) groups is 1. The van der Waals surface area contributed by atoms with Crippen LogP contribution in [0.25, 0.3) is 0 Å². The Bertz CT molecular complexity index is 1630. The van der Waals surface area contributed by atoms with E-state index in [9.17, 15) is 9.36 Å². The number of nitrogens with one attached hydrogen (secondary N) is 2. The quantitative estimate of drug-likeness (QED) is 0.215. The number of amidine groups is 1. The maximum absolute atomic E-state index is 12.8. The SMILES string of the molecule is C=CC(=O)Nc1cc(N=C2C=CCC(Nc3ccccc3P(C)(C)=O)=C(Cl)C=N2)c(OC)cc1C#CC1(N(C)C)CC1. The van der Waals surface area contributed by atoms with Gasteiger partial charge in [0.2, 0.25) is 5.91 Å². The third-order valence-electron chi connectivity index (χ3n) is 6.96. The summed E-state index contributed by atoms with van der Waals surface area (Å²) in [5.41, 5.74) is 2.88. The molecule has 0 atom stereocenters. The van der Waals surface area contributed by atoms with Gasteiger partial charge >= 0.3 is 0 Å². The molecule has 1 aliphatic heterocycles. The highest BCUT2D eigenvalue weighted by Crippen LogP contribution is 2.40. The molecule has 1 saturated carbocycles. The van der Waals surface area contributed by atoms with E-state index >= 15 is 0 Å². The maximum Gasteiger partial charge on any atom is 0.247 e. The Labute approximate surface area is 252 Å². The second-order valence-electron chi connectivity index (χ2n) is 10.6. The third kappa shape index (κ3) is 7.49. The van der Waals surface area contributed by atoms with Crippen LogP contribution in [-0.4, -0.2) is 62.9 Å². The predicted molar refractivity (Wildman–Crippen MR) is 176 cm³/mol. The highest BCUT2D eigenvalue weighted by Gasteiger charge is 2.43. The molecule has 42 heavy (non-hydrogen) atoms. The summed E-state index contributed by atoms with van der Waals surface area (Å²) in [7, 11) is 3.07. The number of hydrogen-bond acceptors (Lipinski definition) is 6. The Morgan fingerprint density at radius 1 is 1.24 bits per heavy atom. The lowest BCUT2D eigenvalue weighted by atomic mass is 10.1. The molecular weight excluding hydrogens is 569 g/mol. The number of nitrogens with zero attached hydrogens (tertiary/aromatic N) is 3. The molecule has 0 aromatic heterocycles. The molecule has 1 fully saturated rings. The Morgan fingerprint density at radius 2 is 1.98 bits per heavy atom. The van der Waals surface area contributed by atoms with E-state index in [1.54, 1.807) is 38.6 Å². The number of halogens is 1. The van der Waals surface area contributed by atoms with Gasteiger partial charge in [-0.15, -0.1) is 0 Å². The Balaban J connectivity index is 1.68. The van der Waals surface area contributed by atoms with Gasteiger partial charge in [0.25, 0.3) is 0 Å². The fourth-order valence-corrected chi connectivity index (χ4v) is 5.66. The molecule has 4 rings (SSSR count). The van der Waals surface area contributed by atoms with Crippen molar-refractivity contribution in [1.82, 2.24) is 4.90 Å². The number of methoxy groups -OCH3 is 1. The summed E-state index contributed by atoms with van der Waals surface area (Å²) in [5.74, 6) is 7.10. The van der Waals surface area contributed by atoms with Crippen LogP contribution >= 0.6 is 18.7 Å². The van der Waals surface area contributed by atoms with Gasteiger partial charge < -0.3 is 19.9 Å². The van der Waals surface area contributed by atoms with Crippen molar-refractivity contribution >= 4 is 59.1 Å². The van der Waals surface area contributed by atoms with Crippen LogP contribution in [0.2, 0.25) is 0 Å². The topological polar surface area (TPSA) is 95.4 Å². The third-order valence-corrected chi connectivity index (χ3v) is 8.84. The van der Waals surface area contributed by atoms with E-state index < -0.39 is 7.14 Å². The monoisotopic (exact) mass is 603 g/mol. The normalized spacial score (nSPS) is 16.8. The van der Waals surface area contributed by atoms with E-state index in [-0.39, 0.29) is 11.4 Å². The van der Waals surface area contributed by atoms with Gasteiger partial charge in [-0.2, -0.15) is 0 Å². The zero-order valence-corrected chi connectivity index (χ0v) is 26.1. The Morgan fingerprint density at radius 3 is 2.62 bits per heavy atom. The number of benzene rings is 2. The second kappa shape index (κ2) is 13.0. The zero-order chi connectivity index (χ0) is 30.5. The van der Waals surface area contributed by atoms with Crippen molar-refractivity contribution in [2.45, 2.75) is 24.8 Å². The molecule has 2 aromatic rings. The average molecular weight is 604 g/mol. The van der Waals surface area contributed by atoms with Crippen molar-refractivity contribution in [2.24, 2.45) is 9.98 Å². The Hall–Kier alpha value is -3.89. The lowest BCUT2D eigenvalue weighted by molar-refractivity contribution is -0.111. The molecule has 0 unspecified atom stereocenters. The highest BCUT2D eigenvalue weighted by atomic mass is 35.5. The Kier molecular flexibility index (Phi) is 9.58. The molecule has 0 bridgehead atoms. The summed E-state index contributed by atoms with van der Waals surface area (Å²) >= 11 is 6.63. The van der Waals surface area contributed by atoms with Crippen LogP contribution in [0.4, 0.5) is 17.1 Å². The summed E-state index contributed by atoms with van der Waals surface area (Å²) in [6, 6.07) is 11.0. The first-order chi connectivity index (χ1) is 20.0. The first-order valence-corrected chi connectivity index (χ1v) is 16.4. The minimum absolute atomic E-state index is 0.153. The van der Waals surface area contributed by atoms with Crippen molar-refractivity contribution in [2.75, 3.05) is 45.2 Å². The first kappa shape index (κ1) is 31.1. The van der Waals surface area contributed by atoms with Crippen LogP contribution < -0.4 is 20.7 Å². The van der Waals surface area contributed by atoms with Gasteiger partial charge in [0.1, 0.15) is 18.6 Å². The lowest BCUT2D eigenvalue weighted by Gasteiger charge is -2.17. The molecule has 2 N–H and O–H groups in total. The van der Waals surface area contributed by atoms with Crippen molar-refractivity contribution < 1.29 is 14.1 Å². The van der Waals surface area contributed by atoms with E-state index in [0.717, 1.165) is 29.5 Å². The number of ether oxygens (including phenoxy) is 1. The molecule has 0 radical (unpaired) electrons. The summed E-state index contributed by atoms with van der Waals surface area (Å²) in [5, 5.41) is 7.32. The van der Waals surface area contributed by atoms with Gasteiger partial charge in [0.05, 0.1) is 28.9 Å². The number of para-hydroxylation sites is 1. The molecule has 1 heterocycles. The fraction of sp³-hybridized carbons (Fsp3) is 0.281. The second-order valence-corrected chi connectivity index (χ2v) is 14.2. The molecule has 8 nitrogen and oxygen atoms in total. The number of amides is 1. The van der Waals surface area contributed by atoms with Crippen LogP contribution in [0.1, 0.15) is 24.8 Å². The number of aliphatic imine (C=N–C) groups is 2. The maximum atomic E-state index is 12.8. The van der Waals surface area contributed by atoms with Crippen molar-refractivity contribution in [3.63, 3.8) is 0 Å². The summed E-state index contributed by atoms with van der Waals surface area (Å²) in [6.45, 7) is 7.03. The summed E-state index contributed by atoms with van der Waals surface area (Å²) < 4.78 is 18.4. The van der Waals surface area contributed by atoms with Crippen LogP contribution in [0.15, 0.2) is 81.9 Å². The van der Waals surface area contributed by atoms with Crippen LogP contribution in [0, 0.1) is 11.8 Å². The molecular formula is C32H35ClN5O3P. The van der Waals surface area contributed by atoms with Gasteiger partial charge in [-0.1, -0.05) is 48.2 Å². The van der Waals surface area contributed by atoms with Crippen LogP contribution in [0.3, 0.4) is 0 Å². The van der Waals surface area contributed by atoms with Gasteiger partial charge in [0.15, 0.2) is 5.84 Å². The minimum atomic E-state index is -2.51. The van der Waals surface area contributed by atoms with Crippen LogP contribution in [0.5, 0.6) is 5.75 Å². The van der Waals surface area contributed by atoms with E-state index in [2.05, 4.69) is 38.9 Å². The molecule has 1 aliphatic carbocycles.